The molecular formula is C25H22N2O6. The molecule has 0 bridgehead atoms. The van der Waals surface area contributed by atoms with E-state index in [9.17, 15) is 19.8 Å². The van der Waals surface area contributed by atoms with Gasteiger partial charge >= 0.3 is 0 Å². The summed E-state index contributed by atoms with van der Waals surface area (Å²) in [4.78, 5) is 31.6. The van der Waals surface area contributed by atoms with E-state index in [2.05, 4.69) is 4.98 Å². The molecule has 1 saturated heterocycles. The lowest BCUT2D eigenvalue weighted by molar-refractivity contribution is -0.140. The molecule has 4 rings (SSSR count). The molecule has 1 fully saturated rings. The van der Waals surface area contributed by atoms with Gasteiger partial charge in [0, 0.05) is 24.5 Å². The Hall–Kier alpha value is -4.33. The molecule has 2 heterocycles. The molecule has 1 unspecified atom stereocenters. The van der Waals surface area contributed by atoms with E-state index in [-0.39, 0.29) is 29.4 Å². The summed E-state index contributed by atoms with van der Waals surface area (Å²) in [6.07, 6.45) is 3.20. The van der Waals surface area contributed by atoms with E-state index in [1.807, 2.05) is 0 Å². The quantitative estimate of drug-likeness (QED) is 0.339. The number of methoxy groups -OCH3 is 2. The van der Waals surface area contributed by atoms with Crippen LogP contribution in [0.15, 0.2) is 72.6 Å². The molecule has 1 amide bonds. The highest BCUT2D eigenvalue weighted by molar-refractivity contribution is 6.46. The van der Waals surface area contributed by atoms with Crippen molar-refractivity contribution in [3.8, 4) is 17.2 Å². The van der Waals surface area contributed by atoms with Crippen LogP contribution in [-0.2, 0) is 16.1 Å². The van der Waals surface area contributed by atoms with Crippen molar-refractivity contribution in [3.05, 3.63) is 89.3 Å². The van der Waals surface area contributed by atoms with Gasteiger partial charge in [0.1, 0.15) is 11.5 Å². The van der Waals surface area contributed by atoms with Crippen LogP contribution in [0.25, 0.3) is 5.76 Å². The third kappa shape index (κ3) is 4.10. The highest BCUT2D eigenvalue weighted by atomic mass is 16.5. The number of phenols is 1. The van der Waals surface area contributed by atoms with Crippen LogP contribution in [0.4, 0.5) is 0 Å². The molecule has 168 valence electrons. The summed E-state index contributed by atoms with van der Waals surface area (Å²) in [7, 11) is 2.90. The first kappa shape index (κ1) is 21.9. The minimum absolute atomic E-state index is 0.0601. The monoisotopic (exact) mass is 446 g/mol. The Morgan fingerprint density at radius 2 is 1.79 bits per heavy atom. The Labute approximate surface area is 190 Å². The smallest absolute Gasteiger partial charge is 0.295 e. The Morgan fingerprint density at radius 3 is 2.48 bits per heavy atom. The van der Waals surface area contributed by atoms with Crippen molar-refractivity contribution in [2.45, 2.75) is 12.6 Å². The lowest BCUT2D eigenvalue weighted by Gasteiger charge is -2.26. The molecule has 8 heteroatoms. The van der Waals surface area contributed by atoms with Gasteiger partial charge in [-0.25, -0.2) is 0 Å². The molecule has 0 saturated carbocycles. The molecule has 33 heavy (non-hydrogen) atoms. The number of Topliss-reactive ketones (excluding diaryl/α,β-unsaturated/α-hetero) is 1. The van der Waals surface area contributed by atoms with Crippen molar-refractivity contribution >= 4 is 17.4 Å². The van der Waals surface area contributed by atoms with Crippen molar-refractivity contribution in [2.24, 2.45) is 0 Å². The standard InChI is InChI=1S/C25H22N2O6/c1-32-18-5-3-4-17(12-18)23(29)21-22(16-6-7-19(28)20(13-16)33-2)27(25(31)24(21)30)14-15-8-10-26-11-9-15/h3-13,22,28-29H,14H2,1-2H3/b23-21-. The predicted molar refractivity (Wildman–Crippen MR) is 120 cm³/mol. The van der Waals surface area contributed by atoms with E-state index in [4.69, 9.17) is 9.47 Å². The molecular weight excluding hydrogens is 424 g/mol. The van der Waals surface area contributed by atoms with Crippen LogP contribution in [0.2, 0.25) is 0 Å². The van der Waals surface area contributed by atoms with Gasteiger partial charge in [0.25, 0.3) is 11.7 Å². The van der Waals surface area contributed by atoms with Crippen LogP contribution in [0.3, 0.4) is 0 Å². The van der Waals surface area contributed by atoms with E-state index >= 15 is 0 Å². The zero-order valence-corrected chi connectivity index (χ0v) is 18.1. The summed E-state index contributed by atoms with van der Waals surface area (Å²) in [5, 5.41) is 21.2. The largest absolute Gasteiger partial charge is 0.507 e. The number of nitrogens with zero attached hydrogens (tertiary/aromatic N) is 2. The van der Waals surface area contributed by atoms with Crippen molar-refractivity contribution in [3.63, 3.8) is 0 Å². The number of likely N-dealkylation sites (tertiary alicyclic amines) is 1. The second-order valence-electron chi connectivity index (χ2n) is 7.45. The average molecular weight is 446 g/mol. The van der Waals surface area contributed by atoms with Crippen molar-refractivity contribution < 1.29 is 29.3 Å². The Balaban J connectivity index is 1.90. The topological polar surface area (TPSA) is 109 Å². The zero-order valence-electron chi connectivity index (χ0n) is 18.1. The normalized spacial score (nSPS) is 17.3. The van der Waals surface area contributed by atoms with Crippen LogP contribution in [-0.4, -0.2) is 46.0 Å². The summed E-state index contributed by atoms with van der Waals surface area (Å²) in [6, 6.07) is 13.7. The van der Waals surface area contributed by atoms with E-state index in [1.165, 1.54) is 25.2 Å². The van der Waals surface area contributed by atoms with Gasteiger partial charge in [0.15, 0.2) is 11.5 Å². The Morgan fingerprint density at radius 1 is 1.03 bits per heavy atom. The van der Waals surface area contributed by atoms with Gasteiger partial charge < -0.3 is 24.6 Å². The summed E-state index contributed by atoms with van der Waals surface area (Å²) < 4.78 is 10.4. The molecule has 0 spiro atoms. The number of carbonyl (C=O) groups excluding carboxylic acids is 2. The van der Waals surface area contributed by atoms with Crippen LogP contribution < -0.4 is 9.47 Å². The highest BCUT2D eigenvalue weighted by Crippen LogP contribution is 2.42. The number of rotatable bonds is 6. The fourth-order valence-electron chi connectivity index (χ4n) is 3.86. The molecule has 2 aromatic carbocycles. The van der Waals surface area contributed by atoms with E-state index in [0.29, 0.717) is 16.9 Å². The van der Waals surface area contributed by atoms with Crippen LogP contribution in [0.1, 0.15) is 22.7 Å². The number of amides is 1. The van der Waals surface area contributed by atoms with Gasteiger partial charge in [-0.2, -0.15) is 0 Å². The molecule has 3 aromatic rings. The number of benzene rings is 2. The number of aromatic nitrogens is 1. The maximum Gasteiger partial charge on any atom is 0.295 e. The fourth-order valence-corrected chi connectivity index (χ4v) is 3.86. The number of ketones is 1. The van der Waals surface area contributed by atoms with Crippen molar-refractivity contribution in [2.75, 3.05) is 14.2 Å². The summed E-state index contributed by atoms with van der Waals surface area (Å²) >= 11 is 0. The molecule has 8 nitrogen and oxygen atoms in total. The van der Waals surface area contributed by atoms with E-state index in [1.54, 1.807) is 60.9 Å². The summed E-state index contributed by atoms with van der Waals surface area (Å²) in [5.74, 6) is -1.27. The number of aliphatic hydroxyl groups is 1. The zero-order chi connectivity index (χ0) is 23.5. The van der Waals surface area contributed by atoms with Crippen molar-refractivity contribution in [1.82, 2.24) is 9.88 Å². The van der Waals surface area contributed by atoms with E-state index in [0.717, 1.165) is 5.56 Å². The van der Waals surface area contributed by atoms with Crippen LogP contribution >= 0.6 is 0 Å². The summed E-state index contributed by atoms with van der Waals surface area (Å²) in [6.45, 7) is 0.121. The number of carbonyl (C=O) groups is 2. The van der Waals surface area contributed by atoms with Crippen LogP contribution in [0.5, 0.6) is 17.2 Å². The Bertz CT molecular complexity index is 1240. The first-order valence-electron chi connectivity index (χ1n) is 10.1. The fraction of sp³-hybridized carbons (Fsp3) is 0.160. The number of hydrogen-bond acceptors (Lipinski definition) is 7. The van der Waals surface area contributed by atoms with Gasteiger partial charge in [0.2, 0.25) is 0 Å². The molecule has 1 aliphatic heterocycles. The van der Waals surface area contributed by atoms with Gasteiger partial charge in [-0.05, 0) is 47.5 Å². The number of phenolic OH excluding ortho intramolecular Hbond substituents is 1. The van der Waals surface area contributed by atoms with Gasteiger partial charge in [-0.1, -0.05) is 18.2 Å². The van der Waals surface area contributed by atoms with Crippen LogP contribution in [0, 0.1) is 0 Å². The Kier molecular flexibility index (Phi) is 5.99. The molecule has 1 aliphatic rings. The highest BCUT2D eigenvalue weighted by Gasteiger charge is 2.46. The number of pyridine rings is 1. The third-order valence-corrected chi connectivity index (χ3v) is 5.50. The molecule has 0 aliphatic carbocycles. The molecule has 1 atom stereocenters. The second-order valence-corrected chi connectivity index (χ2v) is 7.45. The molecule has 1 aromatic heterocycles. The number of aliphatic hydroxyl groups excluding tert-OH is 1. The van der Waals surface area contributed by atoms with E-state index < -0.39 is 17.7 Å². The SMILES string of the molecule is COc1cccc(/C(O)=C2/C(=O)C(=O)N(Cc3ccncc3)C2c2ccc(O)c(OC)c2)c1. The second kappa shape index (κ2) is 9.04. The maximum atomic E-state index is 13.1. The number of aromatic hydroxyl groups is 1. The van der Waals surface area contributed by atoms with Gasteiger partial charge in [-0.15, -0.1) is 0 Å². The predicted octanol–water partition coefficient (Wildman–Crippen LogP) is 3.43. The average Bonchev–Trinajstić information content (AvgIpc) is 3.09. The minimum atomic E-state index is -0.904. The lowest BCUT2D eigenvalue weighted by atomic mass is 9.94. The molecule has 2 N–H and O–H groups in total. The van der Waals surface area contributed by atoms with Crippen molar-refractivity contribution in [1.29, 1.82) is 0 Å². The number of ether oxygens (including phenoxy) is 2. The first-order chi connectivity index (χ1) is 15.9. The molecule has 0 radical (unpaired) electrons. The summed E-state index contributed by atoms with van der Waals surface area (Å²) in [5.41, 5.74) is 1.55. The number of hydrogen-bond donors (Lipinski definition) is 2. The first-order valence-corrected chi connectivity index (χ1v) is 10.1. The maximum absolute atomic E-state index is 13.1. The lowest BCUT2D eigenvalue weighted by Crippen LogP contribution is -2.29. The minimum Gasteiger partial charge on any atom is -0.507 e. The third-order valence-electron chi connectivity index (χ3n) is 5.50. The van der Waals surface area contributed by atoms with Gasteiger partial charge in [0.05, 0.1) is 25.8 Å². The van der Waals surface area contributed by atoms with Gasteiger partial charge in [-0.3, -0.25) is 14.6 Å².